The van der Waals surface area contributed by atoms with E-state index in [4.69, 9.17) is 16.3 Å². The Morgan fingerprint density at radius 3 is 2.65 bits per heavy atom. The van der Waals surface area contributed by atoms with Gasteiger partial charge in [-0.15, -0.1) is 24.0 Å². The molecule has 0 unspecified atom stereocenters. The molecule has 1 fully saturated rings. The summed E-state index contributed by atoms with van der Waals surface area (Å²) in [5.41, 5.74) is 1.15. The van der Waals surface area contributed by atoms with Gasteiger partial charge in [0.15, 0.2) is 5.96 Å². The molecule has 0 amide bonds. The summed E-state index contributed by atoms with van der Waals surface area (Å²) in [6, 6.07) is 7.79. The number of halogens is 2. The smallest absolute Gasteiger partial charge is 0.191 e. The van der Waals surface area contributed by atoms with Crippen molar-refractivity contribution in [2.24, 2.45) is 10.9 Å². The highest BCUT2D eigenvalue weighted by atomic mass is 127. The van der Waals surface area contributed by atoms with Crippen LogP contribution in [0.5, 0.6) is 0 Å². The van der Waals surface area contributed by atoms with Crippen LogP contribution in [0.25, 0.3) is 0 Å². The topological polar surface area (TPSA) is 45.7 Å². The molecule has 0 bridgehead atoms. The van der Waals surface area contributed by atoms with Gasteiger partial charge in [-0.3, -0.25) is 0 Å². The van der Waals surface area contributed by atoms with Crippen molar-refractivity contribution in [1.29, 1.82) is 0 Å². The first-order valence-corrected chi connectivity index (χ1v) is 8.50. The van der Waals surface area contributed by atoms with E-state index < -0.39 is 0 Å². The van der Waals surface area contributed by atoms with Gasteiger partial charge in [0.1, 0.15) is 0 Å². The van der Waals surface area contributed by atoms with Gasteiger partial charge in [0.2, 0.25) is 0 Å². The molecule has 23 heavy (non-hydrogen) atoms. The minimum absolute atomic E-state index is 0. The molecule has 1 aromatic carbocycles. The van der Waals surface area contributed by atoms with Gasteiger partial charge >= 0.3 is 0 Å². The molecule has 0 radical (unpaired) electrons. The Morgan fingerprint density at radius 1 is 1.26 bits per heavy atom. The third-order valence-electron chi connectivity index (χ3n) is 3.49. The van der Waals surface area contributed by atoms with E-state index in [1.54, 1.807) is 0 Å². The number of benzene rings is 1. The van der Waals surface area contributed by atoms with Crippen LogP contribution in [0.2, 0.25) is 5.02 Å². The Morgan fingerprint density at radius 2 is 2.00 bits per heavy atom. The van der Waals surface area contributed by atoms with Crippen LogP contribution in [0, 0.1) is 5.92 Å². The lowest BCUT2D eigenvalue weighted by Gasteiger charge is -2.11. The fourth-order valence-corrected chi connectivity index (χ4v) is 2.14. The van der Waals surface area contributed by atoms with Crippen molar-refractivity contribution in [3.63, 3.8) is 0 Å². The number of hydrogen-bond acceptors (Lipinski definition) is 2. The first-order valence-electron chi connectivity index (χ1n) is 8.12. The maximum absolute atomic E-state index is 5.89. The van der Waals surface area contributed by atoms with Crippen molar-refractivity contribution < 1.29 is 4.74 Å². The van der Waals surface area contributed by atoms with Gasteiger partial charge in [-0.1, -0.05) is 23.7 Å². The van der Waals surface area contributed by atoms with Crippen LogP contribution in [-0.2, 0) is 11.3 Å². The largest absolute Gasteiger partial charge is 0.381 e. The molecule has 6 heteroatoms. The monoisotopic (exact) mass is 451 g/mol. The van der Waals surface area contributed by atoms with Crippen molar-refractivity contribution >= 4 is 41.5 Å². The van der Waals surface area contributed by atoms with Gasteiger partial charge in [-0.05, 0) is 49.8 Å². The molecule has 1 aromatic rings. The summed E-state index contributed by atoms with van der Waals surface area (Å²) < 4.78 is 5.63. The lowest BCUT2D eigenvalue weighted by Crippen LogP contribution is -2.38. The minimum atomic E-state index is 0. The van der Waals surface area contributed by atoms with Crippen molar-refractivity contribution in [2.75, 3.05) is 26.3 Å². The number of hydrogen-bond donors (Lipinski definition) is 2. The van der Waals surface area contributed by atoms with Gasteiger partial charge in [0.05, 0.1) is 6.54 Å². The highest BCUT2D eigenvalue weighted by Crippen LogP contribution is 2.28. The summed E-state index contributed by atoms with van der Waals surface area (Å²) in [6.45, 7) is 6.19. The summed E-state index contributed by atoms with van der Waals surface area (Å²) in [4.78, 5) is 4.58. The van der Waals surface area contributed by atoms with Crippen LogP contribution in [0.15, 0.2) is 29.3 Å². The summed E-state index contributed by atoms with van der Waals surface area (Å²) in [5, 5.41) is 7.35. The zero-order valence-corrected chi connectivity index (χ0v) is 16.8. The maximum Gasteiger partial charge on any atom is 0.191 e. The normalized spacial score (nSPS) is 14.3. The molecular formula is C17H27ClIN3O. The Kier molecular flexibility index (Phi) is 10.6. The quantitative estimate of drug-likeness (QED) is 0.260. The molecule has 4 nitrogen and oxygen atoms in total. The van der Waals surface area contributed by atoms with E-state index in [2.05, 4.69) is 22.5 Å². The first kappa shape index (κ1) is 20.5. The van der Waals surface area contributed by atoms with Crippen molar-refractivity contribution in [3.8, 4) is 0 Å². The summed E-state index contributed by atoms with van der Waals surface area (Å²) in [6.07, 6.45) is 3.69. The predicted molar refractivity (Wildman–Crippen MR) is 108 cm³/mol. The molecule has 0 aromatic heterocycles. The molecular weight excluding hydrogens is 425 g/mol. The maximum atomic E-state index is 5.89. The van der Waals surface area contributed by atoms with Crippen LogP contribution in [-0.4, -0.2) is 32.3 Å². The molecule has 0 saturated heterocycles. The lowest BCUT2D eigenvalue weighted by molar-refractivity contribution is 0.123. The second-order valence-electron chi connectivity index (χ2n) is 5.62. The third kappa shape index (κ3) is 9.37. The average Bonchev–Trinajstić information content (AvgIpc) is 3.34. The fourth-order valence-electron chi connectivity index (χ4n) is 2.02. The zero-order valence-electron chi connectivity index (χ0n) is 13.7. The number of rotatable bonds is 9. The first-order chi connectivity index (χ1) is 10.8. The summed E-state index contributed by atoms with van der Waals surface area (Å²) >= 11 is 5.89. The standard InChI is InChI=1S/C17H26ClN3O.HI/c1-2-19-17(20-10-3-11-22-13-15-4-5-15)21-12-14-6-8-16(18)9-7-14;/h6-9,15H,2-5,10-13H2,1H3,(H2,19,20,21);1H. The molecule has 1 aliphatic rings. The highest BCUT2D eigenvalue weighted by molar-refractivity contribution is 14.0. The summed E-state index contributed by atoms with van der Waals surface area (Å²) in [7, 11) is 0. The van der Waals surface area contributed by atoms with Crippen LogP contribution < -0.4 is 10.6 Å². The Labute approximate surface area is 161 Å². The van der Waals surface area contributed by atoms with E-state index in [1.807, 2.05) is 24.3 Å². The van der Waals surface area contributed by atoms with E-state index in [9.17, 15) is 0 Å². The second-order valence-corrected chi connectivity index (χ2v) is 6.06. The molecule has 0 aliphatic heterocycles. The Hall–Kier alpha value is -0.530. The summed E-state index contributed by atoms with van der Waals surface area (Å²) in [5.74, 6) is 1.69. The van der Waals surface area contributed by atoms with Crippen molar-refractivity contribution in [3.05, 3.63) is 34.9 Å². The van der Waals surface area contributed by atoms with Gasteiger partial charge in [-0.2, -0.15) is 0 Å². The van der Waals surface area contributed by atoms with E-state index in [-0.39, 0.29) is 24.0 Å². The molecule has 2 N–H and O–H groups in total. The van der Waals surface area contributed by atoms with E-state index in [1.165, 1.54) is 12.8 Å². The van der Waals surface area contributed by atoms with Crippen LogP contribution >= 0.6 is 35.6 Å². The molecule has 1 saturated carbocycles. The highest BCUT2D eigenvalue weighted by Gasteiger charge is 2.20. The van der Waals surface area contributed by atoms with Crippen LogP contribution in [0.3, 0.4) is 0 Å². The molecule has 0 atom stereocenters. The minimum Gasteiger partial charge on any atom is -0.381 e. The van der Waals surface area contributed by atoms with Gasteiger partial charge in [-0.25, -0.2) is 4.99 Å². The third-order valence-corrected chi connectivity index (χ3v) is 3.74. The number of nitrogens with one attached hydrogen (secondary N) is 2. The Bertz CT molecular complexity index is 463. The molecule has 0 heterocycles. The van der Waals surface area contributed by atoms with E-state index in [0.29, 0.717) is 6.54 Å². The number of ether oxygens (including phenoxy) is 1. The lowest BCUT2D eigenvalue weighted by atomic mass is 10.2. The predicted octanol–water partition coefficient (Wildman–Crippen LogP) is 3.83. The molecule has 0 spiro atoms. The van der Waals surface area contributed by atoms with Crippen molar-refractivity contribution in [2.45, 2.75) is 32.7 Å². The zero-order chi connectivity index (χ0) is 15.6. The van der Waals surface area contributed by atoms with Crippen LogP contribution in [0.1, 0.15) is 31.7 Å². The molecule has 2 rings (SSSR count). The van der Waals surface area contributed by atoms with Crippen LogP contribution in [0.4, 0.5) is 0 Å². The number of aliphatic imine (C=N–C) groups is 1. The van der Waals surface area contributed by atoms with Crippen molar-refractivity contribution in [1.82, 2.24) is 10.6 Å². The molecule has 130 valence electrons. The van der Waals surface area contributed by atoms with Gasteiger partial charge in [0.25, 0.3) is 0 Å². The number of nitrogens with zero attached hydrogens (tertiary/aromatic N) is 1. The Balaban J connectivity index is 0.00000264. The fraction of sp³-hybridized carbons (Fsp3) is 0.588. The van der Waals surface area contributed by atoms with E-state index >= 15 is 0 Å². The SMILES string of the molecule is CCNC(=NCc1ccc(Cl)cc1)NCCCOCC1CC1.I. The van der Waals surface area contributed by atoms with Gasteiger partial charge in [0, 0.05) is 31.3 Å². The number of guanidine groups is 1. The average molecular weight is 452 g/mol. The molecule has 1 aliphatic carbocycles. The van der Waals surface area contributed by atoms with Gasteiger partial charge < -0.3 is 15.4 Å². The van der Waals surface area contributed by atoms with E-state index in [0.717, 1.165) is 55.2 Å². The second kappa shape index (κ2) is 11.9.